The van der Waals surface area contributed by atoms with Crippen LogP contribution >= 0.6 is 0 Å². The largest absolute Gasteiger partial charge is 0.378 e. The summed E-state index contributed by atoms with van der Waals surface area (Å²) in [5.74, 6) is 2.10. The standard InChI is InChI=1S/C24H27N7O.C2H6/c1-16-6-4-8-18(14-16)25-23-28-21-20(22(29-23)31-10-12-32-13-11-31)27-24(30(21)3)26-19-9-5-7-17(2)15-19;1-2/h4-9,14-15H,10-13H2,1-3H3,(H,26,27)(H,25,28,29);1-2H3. The molecule has 1 fully saturated rings. The lowest BCUT2D eigenvalue weighted by atomic mass is 10.2. The molecule has 1 aliphatic rings. The number of aromatic nitrogens is 4. The van der Waals surface area contributed by atoms with Gasteiger partial charge in [0.05, 0.1) is 13.2 Å². The van der Waals surface area contributed by atoms with E-state index in [4.69, 9.17) is 19.7 Å². The zero-order valence-electron chi connectivity index (χ0n) is 20.6. The van der Waals surface area contributed by atoms with Crippen LogP contribution < -0.4 is 15.5 Å². The molecule has 0 atom stereocenters. The van der Waals surface area contributed by atoms with Crippen LogP contribution in [0.2, 0.25) is 0 Å². The van der Waals surface area contributed by atoms with Crippen LogP contribution in [0, 0.1) is 13.8 Å². The van der Waals surface area contributed by atoms with Crippen molar-refractivity contribution in [2.45, 2.75) is 27.7 Å². The lowest BCUT2D eigenvalue weighted by Gasteiger charge is -2.28. The molecular weight excluding hydrogens is 426 g/mol. The molecule has 0 amide bonds. The van der Waals surface area contributed by atoms with Crippen LogP contribution in [0.1, 0.15) is 25.0 Å². The van der Waals surface area contributed by atoms with Crippen molar-refractivity contribution in [2.75, 3.05) is 41.8 Å². The van der Waals surface area contributed by atoms with Gasteiger partial charge >= 0.3 is 0 Å². The summed E-state index contributed by atoms with van der Waals surface area (Å²) < 4.78 is 7.53. The highest BCUT2D eigenvalue weighted by molar-refractivity contribution is 5.88. The van der Waals surface area contributed by atoms with Gasteiger partial charge in [-0.05, 0) is 49.2 Å². The van der Waals surface area contributed by atoms with E-state index in [2.05, 4.69) is 53.6 Å². The van der Waals surface area contributed by atoms with Crippen molar-refractivity contribution in [1.29, 1.82) is 0 Å². The van der Waals surface area contributed by atoms with E-state index < -0.39 is 0 Å². The zero-order chi connectivity index (χ0) is 24.1. The van der Waals surface area contributed by atoms with Gasteiger partial charge in [0.25, 0.3) is 0 Å². The molecule has 1 saturated heterocycles. The Morgan fingerprint density at radius 1 is 0.824 bits per heavy atom. The topological polar surface area (TPSA) is 80.1 Å². The summed E-state index contributed by atoms with van der Waals surface area (Å²) in [7, 11) is 1.97. The third kappa shape index (κ3) is 5.12. The van der Waals surface area contributed by atoms with Crippen LogP contribution in [0.3, 0.4) is 0 Å². The van der Waals surface area contributed by atoms with Crippen molar-refractivity contribution >= 4 is 40.3 Å². The Balaban J connectivity index is 0.00000133. The minimum atomic E-state index is 0.551. The Labute approximate surface area is 201 Å². The van der Waals surface area contributed by atoms with Gasteiger partial charge in [-0.25, -0.2) is 4.98 Å². The van der Waals surface area contributed by atoms with E-state index in [0.29, 0.717) is 19.2 Å². The van der Waals surface area contributed by atoms with Crippen LogP contribution in [-0.4, -0.2) is 45.8 Å². The number of morpholine rings is 1. The van der Waals surface area contributed by atoms with E-state index in [0.717, 1.165) is 47.4 Å². The maximum atomic E-state index is 5.55. The summed E-state index contributed by atoms with van der Waals surface area (Å²) in [6.07, 6.45) is 0. The first-order valence-corrected chi connectivity index (χ1v) is 11.8. The maximum absolute atomic E-state index is 5.55. The van der Waals surface area contributed by atoms with E-state index in [1.54, 1.807) is 0 Å². The molecule has 5 rings (SSSR count). The summed E-state index contributed by atoms with van der Waals surface area (Å²) in [6.45, 7) is 11.0. The van der Waals surface area contributed by atoms with Gasteiger partial charge in [-0.1, -0.05) is 38.1 Å². The van der Waals surface area contributed by atoms with Gasteiger partial charge in [0.2, 0.25) is 11.9 Å². The average Bonchev–Trinajstić information content (AvgIpc) is 3.16. The molecule has 178 valence electrons. The van der Waals surface area contributed by atoms with Crippen molar-refractivity contribution in [1.82, 2.24) is 19.5 Å². The van der Waals surface area contributed by atoms with Crippen LogP contribution in [-0.2, 0) is 11.8 Å². The molecular formula is C26H33N7O. The monoisotopic (exact) mass is 459 g/mol. The number of imidazole rings is 1. The van der Waals surface area contributed by atoms with Crippen molar-refractivity contribution in [3.8, 4) is 0 Å². The number of aryl methyl sites for hydroxylation is 3. The fourth-order valence-electron chi connectivity index (χ4n) is 3.91. The average molecular weight is 460 g/mol. The van der Waals surface area contributed by atoms with Crippen LogP contribution in [0.15, 0.2) is 48.5 Å². The Hall–Kier alpha value is -3.65. The number of benzene rings is 2. The number of ether oxygens (including phenoxy) is 1. The molecule has 0 unspecified atom stereocenters. The van der Waals surface area contributed by atoms with Crippen molar-refractivity contribution in [2.24, 2.45) is 7.05 Å². The van der Waals surface area contributed by atoms with E-state index >= 15 is 0 Å². The van der Waals surface area contributed by atoms with Gasteiger partial charge in [-0.3, -0.25) is 4.57 Å². The predicted molar refractivity (Wildman–Crippen MR) is 140 cm³/mol. The third-order valence-electron chi connectivity index (χ3n) is 5.56. The first kappa shape index (κ1) is 23.5. The number of anilines is 5. The molecule has 3 heterocycles. The van der Waals surface area contributed by atoms with E-state index in [9.17, 15) is 0 Å². The fourth-order valence-corrected chi connectivity index (χ4v) is 3.91. The van der Waals surface area contributed by atoms with Gasteiger partial charge in [0.15, 0.2) is 17.0 Å². The van der Waals surface area contributed by atoms with E-state index in [1.165, 1.54) is 11.1 Å². The molecule has 0 aliphatic carbocycles. The quantitative estimate of drug-likeness (QED) is 0.417. The van der Waals surface area contributed by atoms with Crippen LogP contribution in [0.4, 0.5) is 29.1 Å². The highest BCUT2D eigenvalue weighted by Gasteiger charge is 2.22. The summed E-state index contributed by atoms with van der Waals surface area (Å²) in [5.41, 5.74) is 5.85. The molecule has 8 nitrogen and oxygen atoms in total. The first-order chi connectivity index (χ1) is 16.6. The van der Waals surface area contributed by atoms with E-state index in [1.807, 2.05) is 49.7 Å². The Morgan fingerprint density at radius 3 is 2.06 bits per heavy atom. The minimum Gasteiger partial charge on any atom is -0.378 e. The number of nitrogens with zero attached hydrogens (tertiary/aromatic N) is 5. The normalized spacial score (nSPS) is 13.4. The molecule has 8 heteroatoms. The smallest absolute Gasteiger partial charge is 0.231 e. The van der Waals surface area contributed by atoms with Crippen molar-refractivity contribution in [3.63, 3.8) is 0 Å². The van der Waals surface area contributed by atoms with Crippen LogP contribution in [0.5, 0.6) is 0 Å². The molecule has 2 aromatic carbocycles. The second-order valence-corrected chi connectivity index (χ2v) is 8.13. The number of hydrogen-bond donors (Lipinski definition) is 2. The fraction of sp³-hybridized carbons (Fsp3) is 0.346. The van der Waals surface area contributed by atoms with Gasteiger partial charge in [0.1, 0.15) is 0 Å². The summed E-state index contributed by atoms with van der Waals surface area (Å²) in [5, 5.41) is 6.80. The SMILES string of the molecule is CC.Cc1cccc(Nc2nc(N3CCOCC3)c3nc(Nc4cccc(C)c4)n(C)c3n2)c1. The van der Waals surface area contributed by atoms with Crippen LogP contribution in [0.25, 0.3) is 11.2 Å². The second kappa shape index (κ2) is 10.5. The molecule has 0 bridgehead atoms. The molecule has 0 radical (unpaired) electrons. The number of hydrogen-bond acceptors (Lipinski definition) is 7. The second-order valence-electron chi connectivity index (χ2n) is 8.13. The van der Waals surface area contributed by atoms with Gasteiger partial charge in [0, 0.05) is 31.5 Å². The highest BCUT2D eigenvalue weighted by Crippen LogP contribution is 2.30. The number of nitrogens with one attached hydrogen (secondary N) is 2. The molecule has 4 aromatic rings. The maximum Gasteiger partial charge on any atom is 0.231 e. The first-order valence-electron chi connectivity index (χ1n) is 11.8. The Kier molecular flexibility index (Phi) is 7.27. The van der Waals surface area contributed by atoms with E-state index in [-0.39, 0.29) is 0 Å². The van der Waals surface area contributed by atoms with Crippen molar-refractivity contribution in [3.05, 3.63) is 59.7 Å². The molecule has 0 spiro atoms. The molecule has 0 saturated carbocycles. The molecule has 34 heavy (non-hydrogen) atoms. The highest BCUT2D eigenvalue weighted by atomic mass is 16.5. The molecule has 2 aromatic heterocycles. The minimum absolute atomic E-state index is 0.551. The molecule has 1 aliphatic heterocycles. The number of fused-ring (bicyclic) bond motifs is 1. The molecule has 2 N–H and O–H groups in total. The Bertz CT molecular complexity index is 1260. The predicted octanol–water partition coefficient (Wildman–Crippen LogP) is 5.33. The Morgan fingerprint density at radius 2 is 1.44 bits per heavy atom. The number of rotatable bonds is 5. The third-order valence-corrected chi connectivity index (χ3v) is 5.56. The van der Waals surface area contributed by atoms with Gasteiger partial charge < -0.3 is 20.3 Å². The van der Waals surface area contributed by atoms with Gasteiger partial charge in [-0.15, -0.1) is 0 Å². The summed E-state index contributed by atoms with van der Waals surface area (Å²) in [4.78, 5) is 16.8. The van der Waals surface area contributed by atoms with Crippen molar-refractivity contribution < 1.29 is 4.74 Å². The lowest BCUT2D eigenvalue weighted by molar-refractivity contribution is 0.122. The lowest BCUT2D eigenvalue weighted by Crippen LogP contribution is -2.37. The summed E-state index contributed by atoms with van der Waals surface area (Å²) >= 11 is 0. The summed E-state index contributed by atoms with van der Waals surface area (Å²) in [6, 6.07) is 16.4. The zero-order valence-corrected chi connectivity index (χ0v) is 20.6. The van der Waals surface area contributed by atoms with Gasteiger partial charge in [-0.2, -0.15) is 9.97 Å².